The first-order chi connectivity index (χ1) is 11.1. The van der Waals surface area contributed by atoms with Crippen molar-refractivity contribution in [3.05, 3.63) is 46.8 Å². The molecule has 0 aliphatic carbocycles. The highest BCUT2D eigenvalue weighted by molar-refractivity contribution is 5.85. The summed E-state index contributed by atoms with van der Waals surface area (Å²) in [6.45, 7) is 6.39. The number of carbonyl (C=O) groups excluding carboxylic acids is 1. The van der Waals surface area contributed by atoms with Gasteiger partial charge in [-0.2, -0.15) is 10.2 Å². The summed E-state index contributed by atoms with van der Waals surface area (Å²) in [5.41, 5.74) is 6.40. The van der Waals surface area contributed by atoms with Crippen LogP contribution in [0.5, 0.6) is 5.75 Å². The van der Waals surface area contributed by atoms with Crippen LogP contribution in [-0.2, 0) is 11.2 Å². The van der Waals surface area contributed by atoms with E-state index in [1.807, 2.05) is 45.0 Å². The molecule has 2 rings (SSSR count). The van der Waals surface area contributed by atoms with Crippen molar-refractivity contribution in [1.29, 1.82) is 0 Å². The van der Waals surface area contributed by atoms with Gasteiger partial charge in [0.1, 0.15) is 5.75 Å². The molecule has 6 heteroatoms. The number of para-hydroxylation sites is 1. The lowest BCUT2D eigenvalue weighted by Gasteiger charge is -2.06. The van der Waals surface area contributed by atoms with E-state index < -0.39 is 0 Å². The van der Waals surface area contributed by atoms with Gasteiger partial charge in [0, 0.05) is 17.7 Å². The van der Waals surface area contributed by atoms with Crippen LogP contribution in [0.1, 0.15) is 35.9 Å². The standard InChI is InChI=1S/C17H22N4O2/c1-4-23-16-8-6-5-7-14(16)11-18-21-17(22)10-9-15-12(2)19-20-13(15)3/h5-8,11H,4,9-10H2,1-3H3,(H,19,20)(H,21,22)/b18-11+. The normalized spacial score (nSPS) is 10.9. The van der Waals surface area contributed by atoms with Gasteiger partial charge in [-0.25, -0.2) is 5.43 Å². The van der Waals surface area contributed by atoms with Crippen LogP contribution in [0.2, 0.25) is 0 Å². The van der Waals surface area contributed by atoms with E-state index in [4.69, 9.17) is 4.74 Å². The van der Waals surface area contributed by atoms with Gasteiger partial charge < -0.3 is 4.74 Å². The van der Waals surface area contributed by atoms with Gasteiger partial charge in [-0.15, -0.1) is 0 Å². The van der Waals surface area contributed by atoms with Crippen molar-refractivity contribution >= 4 is 12.1 Å². The highest BCUT2D eigenvalue weighted by atomic mass is 16.5. The average molecular weight is 314 g/mol. The van der Waals surface area contributed by atoms with Gasteiger partial charge in [0.25, 0.3) is 0 Å². The third-order valence-corrected chi connectivity index (χ3v) is 3.49. The molecule has 23 heavy (non-hydrogen) atoms. The van der Waals surface area contributed by atoms with E-state index in [2.05, 4.69) is 20.7 Å². The average Bonchev–Trinajstić information content (AvgIpc) is 2.86. The first-order valence-corrected chi connectivity index (χ1v) is 7.66. The molecule has 0 radical (unpaired) electrons. The van der Waals surface area contributed by atoms with Crippen molar-refractivity contribution in [3.63, 3.8) is 0 Å². The number of ether oxygens (including phenoxy) is 1. The Morgan fingerprint density at radius 2 is 2.17 bits per heavy atom. The number of aromatic nitrogens is 2. The maximum Gasteiger partial charge on any atom is 0.240 e. The second kappa shape index (κ2) is 8.12. The first-order valence-electron chi connectivity index (χ1n) is 7.66. The van der Waals surface area contributed by atoms with E-state index in [-0.39, 0.29) is 5.91 Å². The lowest BCUT2D eigenvalue weighted by atomic mass is 10.1. The van der Waals surface area contributed by atoms with E-state index in [1.165, 1.54) is 0 Å². The van der Waals surface area contributed by atoms with Crippen LogP contribution < -0.4 is 10.2 Å². The van der Waals surface area contributed by atoms with Gasteiger partial charge in [-0.1, -0.05) is 12.1 Å². The predicted octanol–water partition coefficient (Wildman–Crippen LogP) is 2.51. The molecule has 0 atom stereocenters. The van der Waals surface area contributed by atoms with E-state index in [9.17, 15) is 4.79 Å². The third-order valence-electron chi connectivity index (χ3n) is 3.49. The SMILES string of the molecule is CCOc1ccccc1/C=N/NC(=O)CCc1c(C)n[nH]c1C. The molecular formula is C17H22N4O2. The summed E-state index contributed by atoms with van der Waals surface area (Å²) in [6, 6.07) is 7.56. The highest BCUT2D eigenvalue weighted by Gasteiger charge is 2.08. The van der Waals surface area contributed by atoms with Gasteiger partial charge in [0.15, 0.2) is 0 Å². The van der Waals surface area contributed by atoms with Gasteiger partial charge in [0.2, 0.25) is 5.91 Å². The minimum absolute atomic E-state index is 0.129. The number of rotatable bonds is 7. The van der Waals surface area contributed by atoms with E-state index in [1.54, 1.807) is 6.21 Å². The summed E-state index contributed by atoms with van der Waals surface area (Å²) >= 11 is 0. The molecular weight excluding hydrogens is 292 g/mol. The Bertz CT molecular complexity index is 672. The number of hydrazone groups is 1. The molecule has 0 fully saturated rings. The van der Waals surface area contributed by atoms with Gasteiger partial charge in [-0.3, -0.25) is 9.89 Å². The monoisotopic (exact) mass is 314 g/mol. The number of H-pyrrole nitrogens is 1. The molecule has 2 aromatic rings. The Balaban J connectivity index is 1.87. The Morgan fingerprint density at radius 1 is 1.39 bits per heavy atom. The molecule has 0 bridgehead atoms. The number of hydrogen-bond acceptors (Lipinski definition) is 4. The summed E-state index contributed by atoms with van der Waals surface area (Å²) in [4.78, 5) is 11.9. The van der Waals surface area contributed by atoms with Crippen molar-refractivity contribution in [2.45, 2.75) is 33.6 Å². The number of aryl methyl sites for hydroxylation is 2. The second-order valence-electron chi connectivity index (χ2n) is 5.18. The third kappa shape index (κ3) is 4.67. The maximum atomic E-state index is 11.9. The molecule has 0 saturated carbocycles. The molecule has 0 aliphatic rings. The summed E-state index contributed by atoms with van der Waals surface area (Å²) in [5.74, 6) is 0.618. The van der Waals surface area contributed by atoms with Crippen LogP contribution in [-0.4, -0.2) is 28.9 Å². The van der Waals surface area contributed by atoms with Crippen LogP contribution in [0.25, 0.3) is 0 Å². The fraction of sp³-hybridized carbons (Fsp3) is 0.353. The molecule has 1 heterocycles. The fourth-order valence-corrected chi connectivity index (χ4v) is 2.28. The summed E-state index contributed by atoms with van der Waals surface area (Å²) in [7, 11) is 0. The lowest BCUT2D eigenvalue weighted by Crippen LogP contribution is -2.18. The van der Waals surface area contributed by atoms with Crippen LogP contribution in [0.15, 0.2) is 29.4 Å². The van der Waals surface area contributed by atoms with Gasteiger partial charge in [-0.05, 0) is 44.9 Å². The minimum Gasteiger partial charge on any atom is -0.493 e. The fourth-order valence-electron chi connectivity index (χ4n) is 2.28. The molecule has 1 aromatic carbocycles. The number of aromatic amines is 1. The number of carbonyl (C=O) groups is 1. The largest absolute Gasteiger partial charge is 0.493 e. The molecule has 1 aromatic heterocycles. The van der Waals surface area contributed by atoms with E-state index >= 15 is 0 Å². The molecule has 0 aliphatic heterocycles. The zero-order chi connectivity index (χ0) is 16.7. The molecule has 122 valence electrons. The van der Waals surface area contributed by atoms with Crippen molar-refractivity contribution in [2.75, 3.05) is 6.61 Å². The zero-order valence-electron chi connectivity index (χ0n) is 13.7. The number of benzene rings is 1. The Morgan fingerprint density at radius 3 is 2.87 bits per heavy atom. The van der Waals surface area contributed by atoms with Crippen LogP contribution in [0.4, 0.5) is 0 Å². The van der Waals surface area contributed by atoms with Crippen LogP contribution in [0, 0.1) is 13.8 Å². The summed E-state index contributed by atoms with van der Waals surface area (Å²) in [5, 5.41) is 11.0. The Hall–Kier alpha value is -2.63. The molecule has 1 amide bonds. The summed E-state index contributed by atoms with van der Waals surface area (Å²) in [6.07, 6.45) is 2.61. The van der Waals surface area contributed by atoms with Crippen LogP contribution >= 0.6 is 0 Å². The Labute approximate surface area is 135 Å². The quantitative estimate of drug-likeness (QED) is 0.609. The molecule has 0 unspecified atom stereocenters. The number of amides is 1. The number of nitrogens with zero attached hydrogens (tertiary/aromatic N) is 2. The number of nitrogens with one attached hydrogen (secondary N) is 2. The molecule has 2 N–H and O–H groups in total. The van der Waals surface area contributed by atoms with Crippen molar-refractivity contribution in [2.24, 2.45) is 5.10 Å². The van der Waals surface area contributed by atoms with Crippen molar-refractivity contribution < 1.29 is 9.53 Å². The Kier molecular flexibility index (Phi) is 5.91. The second-order valence-corrected chi connectivity index (χ2v) is 5.18. The van der Waals surface area contributed by atoms with Crippen LogP contribution in [0.3, 0.4) is 0 Å². The first kappa shape index (κ1) is 16.7. The topological polar surface area (TPSA) is 79.4 Å². The minimum atomic E-state index is -0.129. The van der Waals surface area contributed by atoms with Crippen molar-refractivity contribution in [1.82, 2.24) is 15.6 Å². The van der Waals surface area contributed by atoms with Crippen molar-refractivity contribution in [3.8, 4) is 5.75 Å². The maximum absolute atomic E-state index is 11.9. The molecule has 0 spiro atoms. The lowest BCUT2D eigenvalue weighted by molar-refractivity contribution is -0.121. The number of hydrogen-bond donors (Lipinski definition) is 2. The zero-order valence-corrected chi connectivity index (χ0v) is 13.7. The van der Waals surface area contributed by atoms with E-state index in [0.29, 0.717) is 19.4 Å². The summed E-state index contributed by atoms with van der Waals surface area (Å²) < 4.78 is 5.50. The molecule has 6 nitrogen and oxygen atoms in total. The smallest absolute Gasteiger partial charge is 0.240 e. The highest BCUT2D eigenvalue weighted by Crippen LogP contribution is 2.15. The van der Waals surface area contributed by atoms with Gasteiger partial charge in [0.05, 0.1) is 18.5 Å². The molecule has 0 saturated heterocycles. The van der Waals surface area contributed by atoms with E-state index in [0.717, 1.165) is 28.3 Å². The predicted molar refractivity (Wildman–Crippen MR) is 89.7 cm³/mol. The van der Waals surface area contributed by atoms with Gasteiger partial charge >= 0.3 is 0 Å².